The molecule has 0 aromatic heterocycles. The minimum Gasteiger partial charge on any atom is -0.428 e. The van der Waals surface area contributed by atoms with Gasteiger partial charge in [-0.1, -0.05) is 57.0 Å². The normalized spacial score (nSPS) is 14.9. The van der Waals surface area contributed by atoms with E-state index in [1.165, 1.54) is 24.8 Å². The number of hydrogen-bond acceptors (Lipinski definition) is 1. The molecule has 1 rings (SSSR count). The van der Waals surface area contributed by atoms with E-state index in [0.29, 0.717) is 5.41 Å². The maximum Gasteiger partial charge on any atom is 0.145 e. The molecule has 0 spiro atoms. The van der Waals surface area contributed by atoms with E-state index < -0.39 is 0 Å². The number of hydrogen-bond donors (Lipinski definition) is 0. The molecule has 0 N–H and O–H groups in total. The minimum atomic E-state index is 0.293. The van der Waals surface area contributed by atoms with Gasteiger partial charge in [-0.05, 0) is 23.8 Å². The van der Waals surface area contributed by atoms with E-state index in [1.807, 2.05) is 0 Å². The van der Waals surface area contributed by atoms with Crippen molar-refractivity contribution in [2.45, 2.75) is 44.9 Å². The molecule has 16 heavy (non-hydrogen) atoms. The molecule has 1 atom stereocenters. The minimum absolute atomic E-state index is 0.293. The van der Waals surface area contributed by atoms with Crippen LogP contribution in [-0.2, 0) is 9.84 Å². The fraction of sp³-hybridized carbons (Fsp3) is 0.571. The van der Waals surface area contributed by atoms with Gasteiger partial charge in [-0.2, -0.15) is 0 Å². The maximum atomic E-state index is 5.38. The monoisotopic (exact) mass is 236 g/mol. The molecule has 0 aliphatic carbocycles. The third kappa shape index (κ3) is 3.76. The predicted octanol–water partition coefficient (Wildman–Crippen LogP) is 2.82. The third-order valence-electron chi connectivity index (χ3n) is 3.41. The van der Waals surface area contributed by atoms with Gasteiger partial charge in [0, 0.05) is 6.61 Å². The van der Waals surface area contributed by atoms with Crippen molar-refractivity contribution in [3.8, 4) is 0 Å². The first-order valence-corrected chi connectivity index (χ1v) is 7.09. The van der Waals surface area contributed by atoms with Crippen LogP contribution >= 0.6 is 0 Å². The van der Waals surface area contributed by atoms with Crippen LogP contribution in [0.2, 0.25) is 0 Å². The zero-order chi connectivity index (χ0) is 11.9. The number of unbranched alkanes of at least 4 members (excludes halogenated alkanes) is 1. The van der Waals surface area contributed by atoms with E-state index >= 15 is 0 Å². The molecule has 1 aromatic rings. The van der Waals surface area contributed by atoms with Gasteiger partial charge < -0.3 is 4.43 Å². The van der Waals surface area contributed by atoms with Crippen molar-refractivity contribution < 1.29 is 4.43 Å². The zero-order valence-electron chi connectivity index (χ0n) is 10.8. The summed E-state index contributed by atoms with van der Waals surface area (Å²) < 4.78 is 5.38. The molecule has 2 heteroatoms. The lowest BCUT2D eigenvalue weighted by Gasteiger charge is -2.30. The van der Waals surface area contributed by atoms with Gasteiger partial charge in [0.05, 0.1) is 0 Å². The molecule has 0 heterocycles. The number of rotatable bonds is 7. The smallest absolute Gasteiger partial charge is 0.145 e. The standard InChI is InChI=1S/C14H24OSi/c1-3-4-10-14(2,11-12-15-16)13-8-6-5-7-9-13/h5-9H,3-4,10-12H2,1-2,16H3. The molecule has 1 nitrogen and oxygen atoms in total. The van der Waals surface area contributed by atoms with Crippen LogP contribution in [0.3, 0.4) is 0 Å². The summed E-state index contributed by atoms with van der Waals surface area (Å²) in [5.41, 5.74) is 1.75. The average molecular weight is 236 g/mol. The lowest BCUT2D eigenvalue weighted by Crippen LogP contribution is -2.24. The van der Waals surface area contributed by atoms with Gasteiger partial charge in [-0.15, -0.1) is 0 Å². The molecule has 0 saturated carbocycles. The zero-order valence-corrected chi connectivity index (χ0v) is 12.8. The van der Waals surface area contributed by atoms with Gasteiger partial charge in [0.25, 0.3) is 0 Å². The van der Waals surface area contributed by atoms with E-state index in [9.17, 15) is 0 Å². The van der Waals surface area contributed by atoms with E-state index in [0.717, 1.165) is 23.5 Å². The summed E-state index contributed by atoms with van der Waals surface area (Å²) >= 11 is 0. The highest BCUT2D eigenvalue weighted by Crippen LogP contribution is 2.32. The van der Waals surface area contributed by atoms with Crippen LogP contribution in [0.1, 0.15) is 45.1 Å². The van der Waals surface area contributed by atoms with E-state index in [4.69, 9.17) is 4.43 Å². The Morgan fingerprint density at radius 3 is 2.44 bits per heavy atom. The lowest BCUT2D eigenvalue weighted by molar-refractivity contribution is 0.270. The Balaban J connectivity index is 2.77. The van der Waals surface area contributed by atoms with Crippen molar-refractivity contribution in [3.05, 3.63) is 35.9 Å². The molecule has 1 unspecified atom stereocenters. The molecule has 0 aliphatic heterocycles. The van der Waals surface area contributed by atoms with Crippen LogP contribution in [0.15, 0.2) is 30.3 Å². The van der Waals surface area contributed by atoms with Crippen LogP contribution in [0, 0.1) is 0 Å². The average Bonchev–Trinajstić information content (AvgIpc) is 2.35. The highest BCUT2D eigenvalue weighted by atomic mass is 28.2. The lowest BCUT2D eigenvalue weighted by atomic mass is 9.76. The first-order chi connectivity index (χ1) is 7.73. The Bertz CT molecular complexity index is 276. The van der Waals surface area contributed by atoms with Crippen LogP contribution in [-0.4, -0.2) is 17.1 Å². The Labute approximate surface area is 103 Å². The molecule has 90 valence electrons. The van der Waals surface area contributed by atoms with Crippen LogP contribution < -0.4 is 0 Å². The molecular weight excluding hydrogens is 212 g/mol. The number of benzene rings is 1. The second-order valence-electron chi connectivity index (χ2n) is 4.77. The van der Waals surface area contributed by atoms with Crippen molar-refractivity contribution in [2.75, 3.05) is 6.61 Å². The second kappa shape index (κ2) is 6.87. The Hall–Kier alpha value is -0.603. The fourth-order valence-electron chi connectivity index (χ4n) is 2.15. The summed E-state index contributed by atoms with van der Waals surface area (Å²) in [5, 5.41) is 0. The molecule has 0 radical (unpaired) electrons. The molecule has 0 fully saturated rings. The van der Waals surface area contributed by atoms with Crippen LogP contribution in [0.4, 0.5) is 0 Å². The maximum absolute atomic E-state index is 5.38. The summed E-state index contributed by atoms with van der Waals surface area (Å²) in [5.74, 6) is 0. The molecule has 0 bridgehead atoms. The third-order valence-corrected chi connectivity index (χ3v) is 3.82. The van der Waals surface area contributed by atoms with Crippen molar-refractivity contribution in [1.29, 1.82) is 0 Å². The van der Waals surface area contributed by atoms with E-state index in [1.54, 1.807) is 0 Å². The molecule has 1 aromatic carbocycles. The summed E-state index contributed by atoms with van der Waals surface area (Å²) in [7, 11) is 0.850. The molecule has 0 amide bonds. The van der Waals surface area contributed by atoms with E-state index in [-0.39, 0.29) is 0 Å². The summed E-state index contributed by atoms with van der Waals surface area (Å²) in [6.45, 7) is 5.54. The van der Waals surface area contributed by atoms with Crippen LogP contribution in [0.5, 0.6) is 0 Å². The van der Waals surface area contributed by atoms with E-state index in [2.05, 4.69) is 44.2 Å². The summed E-state index contributed by atoms with van der Waals surface area (Å²) in [6, 6.07) is 10.9. The van der Waals surface area contributed by atoms with Crippen molar-refractivity contribution in [1.82, 2.24) is 0 Å². The van der Waals surface area contributed by atoms with Gasteiger partial charge in [-0.3, -0.25) is 0 Å². The highest BCUT2D eigenvalue weighted by Gasteiger charge is 2.25. The Morgan fingerprint density at radius 2 is 1.88 bits per heavy atom. The predicted molar refractivity (Wildman–Crippen MR) is 73.8 cm³/mol. The topological polar surface area (TPSA) is 9.23 Å². The Kier molecular flexibility index (Phi) is 5.78. The first-order valence-electron chi connectivity index (χ1n) is 6.27. The van der Waals surface area contributed by atoms with Gasteiger partial charge in [0.2, 0.25) is 0 Å². The van der Waals surface area contributed by atoms with Gasteiger partial charge in [-0.25, -0.2) is 0 Å². The van der Waals surface area contributed by atoms with Crippen molar-refractivity contribution in [2.24, 2.45) is 0 Å². The van der Waals surface area contributed by atoms with Crippen molar-refractivity contribution in [3.63, 3.8) is 0 Å². The second-order valence-corrected chi connectivity index (χ2v) is 5.35. The summed E-state index contributed by atoms with van der Waals surface area (Å²) in [4.78, 5) is 0. The molecular formula is C14H24OSi. The SMILES string of the molecule is CCCCC(C)(CCO[SiH3])c1ccccc1. The van der Waals surface area contributed by atoms with Crippen molar-refractivity contribution >= 4 is 10.5 Å². The fourth-order valence-corrected chi connectivity index (χ4v) is 2.35. The Morgan fingerprint density at radius 1 is 1.19 bits per heavy atom. The van der Waals surface area contributed by atoms with Crippen LogP contribution in [0.25, 0.3) is 0 Å². The van der Waals surface area contributed by atoms with Gasteiger partial charge in [0.1, 0.15) is 10.5 Å². The van der Waals surface area contributed by atoms with Gasteiger partial charge >= 0.3 is 0 Å². The largest absolute Gasteiger partial charge is 0.428 e. The molecule has 0 saturated heterocycles. The first kappa shape index (κ1) is 13.5. The van der Waals surface area contributed by atoms with Gasteiger partial charge in [0.15, 0.2) is 0 Å². The quantitative estimate of drug-likeness (QED) is 0.662. The molecule has 0 aliphatic rings. The highest BCUT2D eigenvalue weighted by molar-refractivity contribution is 5.97. The summed E-state index contributed by atoms with van der Waals surface area (Å²) in [6.07, 6.45) is 4.97.